The standard InChI is InChI=1S/C19H23N5O3/c1-2-3-11-23(13-15-9-10-21-27-15)16-17(20)24(19(26)22-18(16)25)12-14-7-5-4-6-8-14/h4-10H,2-3,11-13,20H2,1H3,(H,22,25,26). The minimum Gasteiger partial charge on any atom is -0.383 e. The molecule has 0 aliphatic heterocycles. The molecule has 0 radical (unpaired) electrons. The highest BCUT2D eigenvalue weighted by molar-refractivity contribution is 5.62. The monoisotopic (exact) mass is 369 g/mol. The summed E-state index contributed by atoms with van der Waals surface area (Å²) in [5.41, 5.74) is 6.45. The van der Waals surface area contributed by atoms with Crippen LogP contribution in [0.1, 0.15) is 31.1 Å². The van der Waals surface area contributed by atoms with Crippen LogP contribution in [0.3, 0.4) is 0 Å². The Balaban J connectivity index is 2.02. The maximum Gasteiger partial charge on any atom is 0.330 e. The second-order valence-corrected chi connectivity index (χ2v) is 6.32. The van der Waals surface area contributed by atoms with Gasteiger partial charge in [0.05, 0.1) is 19.3 Å². The third-order valence-electron chi connectivity index (χ3n) is 4.33. The first-order valence-electron chi connectivity index (χ1n) is 8.91. The first-order chi connectivity index (χ1) is 13.1. The van der Waals surface area contributed by atoms with Gasteiger partial charge in [-0.2, -0.15) is 0 Å². The average Bonchev–Trinajstić information content (AvgIpc) is 3.17. The molecule has 1 aromatic carbocycles. The van der Waals surface area contributed by atoms with Gasteiger partial charge in [0, 0.05) is 12.6 Å². The first kappa shape index (κ1) is 18.5. The molecule has 0 amide bonds. The van der Waals surface area contributed by atoms with Crippen molar-refractivity contribution in [2.24, 2.45) is 0 Å². The summed E-state index contributed by atoms with van der Waals surface area (Å²) in [6.45, 7) is 3.29. The molecule has 3 aromatic rings. The van der Waals surface area contributed by atoms with Crippen LogP contribution in [-0.4, -0.2) is 21.3 Å². The average molecular weight is 369 g/mol. The lowest BCUT2D eigenvalue weighted by molar-refractivity contribution is 0.380. The quantitative estimate of drug-likeness (QED) is 0.628. The van der Waals surface area contributed by atoms with Crippen molar-refractivity contribution >= 4 is 11.5 Å². The number of unbranched alkanes of at least 4 members (excludes halogenated alkanes) is 1. The number of nitrogens with zero attached hydrogens (tertiary/aromatic N) is 3. The van der Waals surface area contributed by atoms with Crippen LogP contribution in [0, 0.1) is 0 Å². The Morgan fingerprint density at radius 1 is 1.22 bits per heavy atom. The molecule has 3 rings (SSSR count). The van der Waals surface area contributed by atoms with E-state index in [9.17, 15) is 9.59 Å². The number of hydrogen-bond donors (Lipinski definition) is 2. The van der Waals surface area contributed by atoms with Gasteiger partial charge in [-0.15, -0.1) is 0 Å². The molecule has 0 unspecified atom stereocenters. The molecular weight excluding hydrogens is 346 g/mol. The number of benzene rings is 1. The minimum atomic E-state index is -0.528. The van der Waals surface area contributed by atoms with Crippen molar-refractivity contribution in [3.8, 4) is 0 Å². The highest BCUT2D eigenvalue weighted by atomic mass is 16.5. The molecule has 2 aromatic heterocycles. The van der Waals surface area contributed by atoms with Gasteiger partial charge in [-0.1, -0.05) is 48.8 Å². The van der Waals surface area contributed by atoms with Crippen molar-refractivity contribution in [2.45, 2.75) is 32.9 Å². The fourth-order valence-electron chi connectivity index (χ4n) is 2.94. The van der Waals surface area contributed by atoms with Crippen molar-refractivity contribution in [3.63, 3.8) is 0 Å². The van der Waals surface area contributed by atoms with E-state index in [2.05, 4.69) is 17.1 Å². The second-order valence-electron chi connectivity index (χ2n) is 6.32. The van der Waals surface area contributed by atoms with Crippen LogP contribution in [0.25, 0.3) is 0 Å². The summed E-state index contributed by atoms with van der Waals surface area (Å²) >= 11 is 0. The lowest BCUT2D eigenvalue weighted by atomic mass is 10.2. The van der Waals surface area contributed by atoms with Gasteiger partial charge >= 0.3 is 5.69 Å². The van der Waals surface area contributed by atoms with E-state index in [0.717, 1.165) is 18.4 Å². The van der Waals surface area contributed by atoms with E-state index in [-0.39, 0.29) is 18.1 Å². The van der Waals surface area contributed by atoms with Gasteiger partial charge in [0.15, 0.2) is 5.76 Å². The van der Waals surface area contributed by atoms with Crippen LogP contribution in [0.15, 0.2) is 56.7 Å². The number of H-pyrrole nitrogens is 1. The highest BCUT2D eigenvalue weighted by Gasteiger charge is 2.20. The molecule has 8 nitrogen and oxygen atoms in total. The molecule has 0 saturated heterocycles. The third-order valence-corrected chi connectivity index (χ3v) is 4.33. The molecule has 3 N–H and O–H groups in total. The molecule has 0 saturated carbocycles. The molecule has 0 spiro atoms. The van der Waals surface area contributed by atoms with Crippen LogP contribution in [0.2, 0.25) is 0 Å². The number of nitrogens with two attached hydrogens (primary N) is 1. The largest absolute Gasteiger partial charge is 0.383 e. The number of aromatic nitrogens is 3. The van der Waals surface area contributed by atoms with Crippen molar-refractivity contribution in [1.29, 1.82) is 0 Å². The van der Waals surface area contributed by atoms with E-state index in [1.165, 1.54) is 4.57 Å². The summed E-state index contributed by atoms with van der Waals surface area (Å²) in [5.74, 6) is 0.758. The second kappa shape index (κ2) is 8.39. The van der Waals surface area contributed by atoms with E-state index < -0.39 is 11.2 Å². The highest BCUT2D eigenvalue weighted by Crippen LogP contribution is 2.20. The van der Waals surface area contributed by atoms with Crippen molar-refractivity contribution < 1.29 is 4.52 Å². The molecule has 8 heteroatoms. The van der Waals surface area contributed by atoms with Crippen LogP contribution >= 0.6 is 0 Å². The lowest BCUT2D eigenvalue weighted by Gasteiger charge is -2.25. The van der Waals surface area contributed by atoms with E-state index in [1.54, 1.807) is 12.3 Å². The van der Waals surface area contributed by atoms with Crippen molar-refractivity contribution in [2.75, 3.05) is 17.2 Å². The molecular formula is C19H23N5O3. The predicted molar refractivity (Wildman–Crippen MR) is 104 cm³/mol. The van der Waals surface area contributed by atoms with Gasteiger partial charge in [0.1, 0.15) is 11.5 Å². The van der Waals surface area contributed by atoms with Gasteiger partial charge in [-0.3, -0.25) is 14.3 Å². The van der Waals surface area contributed by atoms with Gasteiger partial charge in [-0.05, 0) is 12.0 Å². The van der Waals surface area contributed by atoms with Crippen LogP contribution in [0.5, 0.6) is 0 Å². The molecule has 142 valence electrons. The molecule has 0 atom stereocenters. The molecule has 0 bridgehead atoms. The molecule has 27 heavy (non-hydrogen) atoms. The van der Waals surface area contributed by atoms with E-state index in [0.29, 0.717) is 18.8 Å². The smallest absolute Gasteiger partial charge is 0.330 e. The Morgan fingerprint density at radius 3 is 2.67 bits per heavy atom. The van der Waals surface area contributed by atoms with E-state index >= 15 is 0 Å². The van der Waals surface area contributed by atoms with Crippen LogP contribution in [-0.2, 0) is 13.1 Å². The van der Waals surface area contributed by atoms with Gasteiger partial charge < -0.3 is 15.2 Å². The topological polar surface area (TPSA) is 110 Å². The zero-order valence-electron chi connectivity index (χ0n) is 15.2. The molecule has 0 fully saturated rings. The zero-order chi connectivity index (χ0) is 19.2. The fourth-order valence-corrected chi connectivity index (χ4v) is 2.94. The van der Waals surface area contributed by atoms with Crippen molar-refractivity contribution in [1.82, 2.24) is 14.7 Å². The number of nitrogens with one attached hydrogen (secondary N) is 1. The number of nitrogen functional groups attached to an aromatic ring is 1. The number of rotatable bonds is 8. The lowest BCUT2D eigenvalue weighted by Crippen LogP contribution is -2.38. The molecule has 0 aliphatic carbocycles. The Kier molecular flexibility index (Phi) is 5.75. The Hall–Kier alpha value is -3.29. The minimum absolute atomic E-state index is 0.142. The summed E-state index contributed by atoms with van der Waals surface area (Å²) in [6, 6.07) is 11.2. The summed E-state index contributed by atoms with van der Waals surface area (Å²) in [5, 5.41) is 3.71. The fraction of sp³-hybridized carbons (Fsp3) is 0.316. The predicted octanol–water partition coefficient (Wildman–Crippen LogP) is 1.96. The van der Waals surface area contributed by atoms with E-state index in [4.69, 9.17) is 10.3 Å². The summed E-state index contributed by atoms with van der Waals surface area (Å²) in [4.78, 5) is 29.1. The SMILES string of the molecule is CCCCN(Cc1ccno1)c1c(N)n(Cc2ccccc2)c(=O)[nH]c1=O. The van der Waals surface area contributed by atoms with Gasteiger partial charge in [0.25, 0.3) is 5.56 Å². The van der Waals surface area contributed by atoms with Crippen LogP contribution < -0.4 is 21.9 Å². The Morgan fingerprint density at radius 2 is 2.00 bits per heavy atom. The number of aromatic amines is 1. The maximum atomic E-state index is 12.6. The number of hydrogen-bond acceptors (Lipinski definition) is 6. The summed E-state index contributed by atoms with van der Waals surface area (Å²) in [7, 11) is 0. The normalized spacial score (nSPS) is 10.9. The molecule has 2 heterocycles. The van der Waals surface area contributed by atoms with Crippen LogP contribution in [0.4, 0.5) is 11.5 Å². The summed E-state index contributed by atoms with van der Waals surface area (Å²) in [6.07, 6.45) is 3.37. The first-order valence-corrected chi connectivity index (χ1v) is 8.91. The Labute approximate surface area is 156 Å². The van der Waals surface area contributed by atoms with Crippen molar-refractivity contribution in [3.05, 3.63) is 74.8 Å². The maximum absolute atomic E-state index is 12.6. The van der Waals surface area contributed by atoms with Gasteiger partial charge in [0.2, 0.25) is 0 Å². The number of anilines is 2. The molecule has 0 aliphatic rings. The third kappa shape index (κ3) is 4.28. The van der Waals surface area contributed by atoms with Gasteiger partial charge in [-0.25, -0.2) is 4.79 Å². The van der Waals surface area contributed by atoms with E-state index in [1.807, 2.05) is 35.2 Å². The summed E-state index contributed by atoms with van der Waals surface area (Å²) < 4.78 is 6.56. The zero-order valence-corrected chi connectivity index (χ0v) is 15.2. The Bertz CT molecular complexity index is 977.